The highest BCUT2D eigenvalue weighted by Gasteiger charge is 2.34. The Balaban J connectivity index is 2.33. The Kier molecular flexibility index (Phi) is 5.40. The summed E-state index contributed by atoms with van der Waals surface area (Å²) in [6.07, 6.45) is -5.59. The number of hydrogen-bond acceptors (Lipinski definition) is 3. The first kappa shape index (κ1) is 15.2. The molecule has 0 aromatic rings. The lowest BCUT2D eigenvalue weighted by Gasteiger charge is -2.35. The van der Waals surface area contributed by atoms with Gasteiger partial charge in [-0.15, -0.1) is 0 Å². The topological polar surface area (TPSA) is 43.8 Å². The van der Waals surface area contributed by atoms with Crippen LogP contribution in [0.2, 0.25) is 0 Å². The summed E-state index contributed by atoms with van der Waals surface area (Å²) in [5.41, 5.74) is 0. The van der Waals surface area contributed by atoms with Gasteiger partial charge in [0.1, 0.15) is 6.42 Å². The van der Waals surface area contributed by atoms with E-state index in [2.05, 4.69) is 0 Å². The fourth-order valence-electron chi connectivity index (χ4n) is 1.89. The average Bonchev–Trinajstić information content (AvgIpc) is 2.27. The van der Waals surface area contributed by atoms with Crippen LogP contribution in [0, 0.1) is 0 Å². The number of alkyl halides is 3. The minimum atomic E-state index is -4.44. The minimum Gasteiger partial charge on any atom is -0.392 e. The van der Waals surface area contributed by atoms with Crippen LogP contribution in [0.1, 0.15) is 19.8 Å². The maximum Gasteiger partial charge on any atom is 0.397 e. The fraction of sp³-hybridized carbons (Fsp3) is 0.909. The Labute approximate surface area is 104 Å². The van der Waals surface area contributed by atoms with Crippen molar-refractivity contribution in [3.05, 3.63) is 0 Å². The van der Waals surface area contributed by atoms with Crippen LogP contribution in [-0.4, -0.2) is 65.8 Å². The quantitative estimate of drug-likeness (QED) is 0.822. The molecule has 1 atom stereocenters. The van der Waals surface area contributed by atoms with Crippen LogP contribution in [0.5, 0.6) is 0 Å². The lowest BCUT2D eigenvalue weighted by Crippen LogP contribution is -2.50. The Hall–Kier alpha value is -0.820. The smallest absolute Gasteiger partial charge is 0.392 e. The van der Waals surface area contributed by atoms with Gasteiger partial charge in [-0.1, -0.05) is 6.92 Å². The molecule has 1 aliphatic heterocycles. The van der Waals surface area contributed by atoms with Gasteiger partial charge >= 0.3 is 6.18 Å². The lowest BCUT2D eigenvalue weighted by molar-refractivity contribution is -0.162. The van der Waals surface area contributed by atoms with E-state index >= 15 is 0 Å². The van der Waals surface area contributed by atoms with E-state index in [1.165, 1.54) is 4.90 Å². The Morgan fingerprint density at radius 1 is 1.28 bits per heavy atom. The van der Waals surface area contributed by atoms with E-state index in [9.17, 15) is 23.1 Å². The number of nitrogens with zero attached hydrogens (tertiary/aromatic N) is 2. The molecule has 1 fully saturated rings. The van der Waals surface area contributed by atoms with Gasteiger partial charge in [-0.05, 0) is 6.42 Å². The van der Waals surface area contributed by atoms with Gasteiger partial charge in [-0.3, -0.25) is 9.69 Å². The van der Waals surface area contributed by atoms with E-state index < -0.39 is 24.6 Å². The first-order valence-electron chi connectivity index (χ1n) is 6.06. The molecule has 0 bridgehead atoms. The maximum absolute atomic E-state index is 12.1. The number of carbonyl (C=O) groups is 1. The normalized spacial score (nSPS) is 19.9. The van der Waals surface area contributed by atoms with E-state index in [1.54, 1.807) is 0 Å². The number of aliphatic hydroxyl groups excluding tert-OH is 1. The molecule has 0 spiro atoms. The van der Waals surface area contributed by atoms with E-state index in [0.717, 1.165) is 0 Å². The molecule has 4 nitrogen and oxygen atoms in total. The van der Waals surface area contributed by atoms with Crippen molar-refractivity contribution in [3.63, 3.8) is 0 Å². The first-order valence-corrected chi connectivity index (χ1v) is 6.06. The van der Waals surface area contributed by atoms with Crippen molar-refractivity contribution in [2.45, 2.75) is 32.0 Å². The van der Waals surface area contributed by atoms with Gasteiger partial charge in [0.15, 0.2) is 0 Å². The minimum absolute atomic E-state index is 0.297. The molecule has 0 radical (unpaired) electrons. The predicted octanol–water partition coefficient (Wildman–Crippen LogP) is 0.854. The van der Waals surface area contributed by atoms with Crippen LogP contribution < -0.4 is 0 Å². The molecular formula is C11H19F3N2O2. The average molecular weight is 268 g/mol. The molecule has 1 heterocycles. The molecule has 0 saturated carbocycles. The largest absolute Gasteiger partial charge is 0.397 e. The number of carbonyl (C=O) groups excluding carboxylic acids is 1. The van der Waals surface area contributed by atoms with Gasteiger partial charge in [-0.25, -0.2) is 0 Å². The highest BCUT2D eigenvalue weighted by atomic mass is 19.4. The zero-order chi connectivity index (χ0) is 13.8. The van der Waals surface area contributed by atoms with E-state index in [0.29, 0.717) is 39.1 Å². The summed E-state index contributed by atoms with van der Waals surface area (Å²) in [5, 5.41) is 9.47. The van der Waals surface area contributed by atoms with Gasteiger partial charge in [0.2, 0.25) is 5.91 Å². The summed E-state index contributed by atoms with van der Waals surface area (Å²) in [7, 11) is 0. The maximum atomic E-state index is 12.1. The third-order valence-corrected chi connectivity index (χ3v) is 3.02. The number of aliphatic hydroxyl groups is 1. The van der Waals surface area contributed by atoms with Crippen LogP contribution in [0.25, 0.3) is 0 Å². The molecule has 18 heavy (non-hydrogen) atoms. The summed E-state index contributed by atoms with van der Waals surface area (Å²) in [5.74, 6) is -0.863. The molecule has 0 aromatic carbocycles. The molecule has 1 saturated heterocycles. The zero-order valence-corrected chi connectivity index (χ0v) is 10.4. The SMILES string of the molecule is CC[C@H](O)CN1CCN(C(=O)CC(F)(F)F)CC1. The molecule has 0 aromatic heterocycles. The highest BCUT2D eigenvalue weighted by molar-refractivity contribution is 5.76. The number of amides is 1. The third kappa shape index (κ3) is 5.22. The van der Waals surface area contributed by atoms with Crippen LogP contribution >= 0.6 is 0 Å². The second-order valence-electron chi connectivity index (χ2n) is 4.54. The Morgan fingerprint density at radius 3 is 2.28 bits per heavy atom. The van der Waals surface area contributed by atoms with Crippen molar-refractivity contribution >= 4 is 5.91 Å². The number of rotatable bonds is 4. The summed E-state index contributed by atoms with van der Waals surface area (Å²) >= 11 is 0. The summed E-state index contributed by atoms with van der Waals surface area (Å²) in [4.78, 5) is 14.5. The third-order valence-electron chi connectivity index (χ3n) is 3.02. The standard InChI is InChI=1S/C11H19F3N2O2/c1-2-9(17)8-15-3-5-16(6-4-15)10(18)7-11(12,13)14/h9,17H,2-8H2,1H3/t9-/m0/s1. The van der Waals surface area contributed by atoms with Gasteiger partial charge < -0.3 is 10.0 Å². The molecule has 0 aliphatic carbocycles. The van der Waals surface area contributed by atoms with Crippen molar-refractivity contribution in [1.82, 2.24) is 9.80 Å². The van der Waals surface area contributed by atoms with Crippen LogP contribution in [-0.2, 0) is 4.79 Å². The first-order chi connectivity index (χ1) is 8.31. The lowest BCUT2D eigenvalue weighted by atomic mass is 10.2. The second kappa shape index (κ2) is 6.38. The van der Waals surface area contributed by atoms with Crippen LogP contribution in [0.15, 0.2) is 0 Å². The van der Waals surface area contributed by atoms with Crippen molar-refractivity contribution in [3.8, 4) is 0 Å². The van der Waals surface area contributed by atoms with Gasteiger partial charge in [0, 0.05) is 32.7 Å². The van der Waals surface area contributed by atoms with Crippen LogP contribution in [0.3, 0.4) is 0 Å². The highest BCUT2D eigenvalue weighted by Crippen LogP contribution is 2.21. The van der Waals surface area contributed by atoms with E-state index in [-0.39, 0.29) is 0 Å². The van der Waals surface area contributed by atoms with E-state index in [1.807, 2.05) is 11.8 Å². The van der Waals surface area contributed by atoms with Crippen molar-refractivity contribution < 1.29 is 23.1 Å². The molecule has 7 heteroatoms. The summed E-state index contributed by atoms with van der Waals surface area (Å²) in [6.45, 7) is 4.00. The number of β-amino-alcohol motifs (C(OH)–C–C–N with tert-alkyl or cyclic N) is 1. The monoisotopic (exact) mass is 268 g/mol. The molecule has 1 amide bonds. The number of hydrogen-bond donors (Lipinski definition) is 1. The van der Waals surface area contributed by atoms with Crippen molar-refractivity contribution in [2.75, 3.05) is 32.7 Å². The molecule has 106 valence electrons. The fourth-order valence-corrected chi connectivity index (χ4v) is 1.89. The van der Waals surface area contributed by atoms with Crippen LogP contribution in [0.4, 0.5) is 13.2 Å². The summed E-state index contributed by atoms with van der Waals surface area (Å²) in [6, 6.07) is 0. The summed E-state index contributed by atoms with van der Waals surface area (Å²) < 4.78 is 36.2. The number of piperazine rings is 1. The van der Waals surface area contributed by atoms with Gasteiger partial charge in [0.05, 0.1) is 6.10 Å². The molecule has 1 rings (SSSR count). The number of halogens is 3. The Bertz CT molecular complexity index is 276. The predicted molar refractivity (Wildman–Crippen MR) is 60.0 cm³/mol. The molecule has 0 unspecified atom stereocenters. The van der Waals surface area contributed by atoms with Gasteiger partial charge in [0.25, 0.3) is 0 Å². The molecule has 1 N–H and O–H groups in total. The molecule has 1 aliphatic rings. The van der Waals surface area contributed by atoms with E-state index in [4.69, 9.17) is 0 Å². The van der Waals surface area contributed by atoms with Crippen molar-refractivity contribution in [2.24, 2.45) is 0 Å². The zero-order valence-electron chi connectivity index (χ0n) is 10.4. The second-order valence-corrected chi connectivity index (χ2v) is 4.54. The molecular weight excluding hydrogens is 249 g/mol. The van der Waals surface area contributed by atoms with Gasteiger partial charge in [-0.2, -0.15) is 13.2 Å². The van der Waals surface area contributed by atoms with Crippen molar-refractivity contribution in [1.29, 1.82) is 0 Å². The Morgan fingerprint density at radius 2 is 1.83 bits per heavy atom.